The minimum Gasteiger partial charge on any atom is -0.319 e. The summed E-state index contributed by atoms with van der Waals surface area (Å²) in [5.41, 5.74) is 3.12. The molecule has 0 amide bonds. The zero-order valence-electron chi connectivity index (χ0n) is 14.3. The molecule has 2 atom stereocenters. The summed E-state index contributed by atoms with van der Waals surface area (Å²) in [5, 5.41) is 3.24. The molecule has 0 spiro atoms. The summed E-state index contributed by atoms with van der Waals surface area (Å²) in [4.78, 5) is 2.44. The molecule has 0 heterocycles. The molecule has 1 N–H and O–H groups in total. The van der Waals surface area contributed by atoms with Gasteiger partial charge in [-0.1, -0.05) is 52.0 Å². The number of hydrogen-bond acceptors (Lipinski definition) is 2. The molecular formula is C18H32N2. The van der Waals surface area contributed by atoms with Gasteiger partial charge >= 0.3 is 0 Å². The second-order valence-electron chi connectivity index (χ2n) is 7.16. The van der Waals surface area contributed by atoms with Crippen molar-refractivity contribution < 1.29 is 0 Å². The fourth-order valence-electron chi connectivity index (χ4n) is 2.46. The largest absolute Gasteiger partial charge is 0.319 e. The van der Waals surface area contributed by atoms with Crippen molar-refractivity contribution in [2.45, 2.75) is 53.1 Å². The van der Waals surface area contributed by atoms with Crippen molar-refractivity contribution in [2.24, 2.45) is 5.41 Å². The molecule has 2 heteroatoms. The first-order valence-corrected chi connectivity index (χ1v) is 7.69. The molecule has 0 aliphatic rings. The summed E-state index contributed by atoms with van der Waals surface area (Å²) < 4.78 is 0. The van der Waals surface area contributed by atoms with Gasteiger partial charge in [0, 0.05) is 19.1 Å². The Hall–Kier alpha value is -0.860. The van der Waals surface area contributed by atoms with Crippen molar-refractivity contribution in [1.82, 2.24) is 10.2 Å². The molecule has 0 bridgehead atoms. The molecule has 2 nitrogen and oxygen atoms in total. The molecule has 0 fully saturated rings. The van der Waals surface area contributed by atoms with Crippen LogP contribution in [0.3, 0.4) is 0 Å². The molecule has 20 heavy (non-hydrogen) atoms. The van der Waals surface area contributed by atoms with E-state index in [0.717, 1.165) is 13.1 Å². The van der Waals surface area contributed by atoms with E-state index in [1.165, 1.54) is 11.1 Å². The minimum absolute atomic E-state index is 0.315. The maximum atomic E-state index is 3.24. The summed E-state index contributed by atoms with van der Waals surface area (Å²) in [7, 11) is 4.22. The smallest absolute Gasteiger partial charge is 0.0233 e. The third-order valence-electron chi connectivity index (χ3n) is 4.41. The van der Waals surface area contributed by atoms with Gasteiger partial charge in [-0.25, -0.2) is 0 Å². The third kappa shape index (κ3) is 4.92. The molecule has 0 radical (unpaired) electrons. The number of nitrogens with one attached hydrogen (secondary N) is 1. The Balaban J connectivity index is 2.66. The van der Waals surface area contributed by atoms with Crippen LogP contribution in [0, 0.1) is 5.41 Å². The van der Waals surface area contributed by atoms with Crippen LogP contribution < -0.4 is 5.32 Å². The fourth-order valence-corrected chi connectivity index (χ4v) is 2.46. The summed E-state index contributed by atoms with van der Waals surface area (Å²) >= 11 is 0. The van der Waals surface area contributed by atoms with E-state index in [2.05, 4.69) is 76.1 Å². The standard InChI is InChI=1S/C18H32N2/c1-14(12-19-6)17-10-8-16(9-11-17)13-20(7)15(2)18(3,4)5/h8-11,14-15,19H,12-13H2,1-7H3. The van der Waals surface area contributed by atoms with E-state index in [0.29, 0.717) is 17.4 Å². The van der Waals surface area contributed by atoms with Gasteiger partial charge in [-0.05, 0) is 43.5 Å². The summed E-state index contributed by atoms with van der Waals surface area (Å²) in [6, 6.07) is 9.64. The van der Waals surface area contributed by atoms with E-state index in [1.54, 1.807) is 0 Å². The topological polar surface area (TPSA) is 15.3 Å². The summed E-state index contributed by atoms with van der Waals surface area (Å²) in [6.07, 6.45) is 0. The normalized spacial score (nSPS) is 15.4. The van der Waals surface area contributed by atoms with Gasteiger partial charge in [-0.2, -0.15) is 0 Å². The average molecular weight is 276 g/mol. The summed E-state index contributed by atoms with van der Waals surface area (Å²) in [6.45, 7) is 13.5. The third-order valence-corrected chi connectivity index (χ3v) is 4.41. The Kier molecular flexibility index (Phi) is 6.22. The molecule has 0 saturated carbocycles. The van der Waals surface area contributed by atoms with Crippen molar-refractivity contribution in [3.63, 3.8) is 0 Å². The van der Waals surface area contributed by atoms with Crippen LogP contribution in [0.5, 0.6) is 0 Å². The van der Waals surface area contributed by atoms with Crippen LogP contribution in [0.15, 0.2) is 24.3 Å². The quantitative estimate of drug-likeness (QED) is 0.848. The summed E-state index contributed by atoms with van der Waals surface area (Å²) in [5.74, 6) is 0.570. The Labute approximate surface area is 125 Å². The molecule has 2 unspecified atom stereocenters. The van der Waals surface area contributed by atoms with Gasteiger partial charge in [0.1, 0.15) is 0 Å². The zero-order valence-corrected chi connectivity index (χ0v) is 14.3. The minimum atomic E-state index is 0.315. The van der Waals surface area contributed by atoms with Gasteiger partial charge < -0.3 is 5.32 Å². The highest BCUT2D eigenvalue weighted by atomic mass is 15.1. The molecule has 0 aliphatic heterocycles. The molecule has 0 aromatic heterocycles. The molecule has 1 aromatic rings. The van der Waals surface area contributed by atoms with Crippen LogP contribution in [0.1, 0.15) is 51.7 Å². The van der Waals surface area contributed by atoms with Gasteiger partial charge in [0.2, 0.25) is 0 Å². The number of hydrogen-bond donors (Lipinski definition) is 1. The van der Waals surface area contributed by atoms with Gasteiger partial charge in [-0.3, -0.25) is 4.90 Å². The second-order valence-corrected chi connectivity index (χ2v) is 7.16. The average Bonchev–Trinajstić information content (AvgIpc) is 2.37. The highest BCUT2D eigenvalue weighted by Gasteiger charge is 2.23. The van der Waals surface area contributed by atoms with Gasteiger partial charge in [-0.15, -0.1) is 0 Å². The number of rotatable bonds is 6. The Morgan fingerprint density at radius 1 is 1.10 bits per heavy atom. The highest BCUT2D eigenvalue weighted by molar-refractivity contribution is 5.25. The lowest BCUT2D eigenvalue weighted by Crippen LogP contribution is -2.38. The number of likely N-dealkylation sites (N-methyl/N-ethyl adjacent to an activating group) is 1. The van der Waals surface area contributed by atoms with Crippen LogP contribution >= 0.6 is 0 Å². The first kappa shape index (κ1) is 17.2. The van der Waals surface area contributed by atoms with Crippen LogP contribution in [0.2, 0.25) is 0 Å². The van der Waals surface area contributed by atoms with Crippen LogP contribution in [-0.2, 0) is 6.54 Å². The Bertz CT molecular complexity index is 389. The SMILES string of the molecule is CNCC(C)c1ccc(CN(C)C(C)C(C)(C)C)cc1. The van der Waals surface area contributed by atoms with Crippen molar-refractivity contribution in [3.05, 3.63) is 35.4 Å². The van der Waals surface area contributed by atoms with Crippen LogP contribution in [0.25, 0.3) is 0 Å². The van der Waals surface area contributed by atoms with E-state index in [9.17, 15) is 0 Å². The lowest BCUT2D eigenvalue weighted by Gasteiger charge is -2.35. The van der Waals surface area contributed by atoms with E-state index < -0.39 is 0 Å². The fraction of sp³-hybridized carbons (Fsp3) is 0.667. The first-order chi connectivity index (χ1) is 9.25. The molecule has 1 rings (SSSR count). The van der Waals surface area contributed by atoms with E-state index in [4.69, 9.17) is 0 Å². The van der Waals surface area contributed by atoms with Crippen LogP contribution in [0.4, 0.5) is 0 Å². The van der Waals surface area contributed by atoms with Crippen molar-refractivity contribution >= 4 is 0 Å². The molecule has 1 aromatic carbocycles. The molecule has 114 valence electrons. The predicted octanol–water partition coefficient (Wildman–Crippen LogP) is 3.88. The van der Waals surface area contributed by atoms with Crippen LogP contribution in [-0.4, -0.2) is 31.6 Å². The number of nitrogens with zero attached hydrogens (tertiary/aromatic N) is 1. The zero-order chi connectivity index (χ0) is 15.3. The molecule has 0 saturated heterocycles. The maximum absolute atomic E-state index is 3.24. The van der Waals surface area contributed by atoms with Gasteiger partial charge in [0.25, 0.3) is 0 Å². The highest BCUT2D eigenvalue weighted by Crippen LogP contribution is 2.24. The van der Waals surface area contributed by atoms with Gasteiger partial charge in [0.05, 0.1) is 0 Å². The predicted molar refractivity (Wildman–Crippen MR) is 89.2 cm³/mol. The Morgan fingerprint density at radius 3 is 2.10 bits per heavy atom. The monoisotopic (exact) mass is 276 g/mol. The second kappa shape index (κ2) is 7.24. The van der Waals surface area contributed by atoms with Crippen molar-refractivity contribution in [1.29, 1.82) is 0 Å². The first-order valence-electron chi connectivity index (χ1n) is 7.69. The van der Waals surface area contributed by atoms with E-state index in [-0.39, 0.29) is 0 Å². The Morgan fingerprint density at radius 2 is 1.65 bits per heavy atom. The van der Waals surface area contributed by atoms with Crippen molar-refractivity contribution in [3.8, 4) is 0 Å². The number of benzene rings is 1. The van der Waals surface area contributed by atoms with Gasteiger partial charge in [0.15, 0.2) is 0 Å². The van der Waals surface area contributed by atoms with E-state index >= 15 is 0 Å². The lowest BCUT2D eigenvalue weighted by atomic mass is 9.87. The van der Waals surface area contributed by atoms with Crippen molar-refractivity contribution in [2.75, 3.05) is 20.6 Å². The molecule has 0 aliphatic carbocycles. The maximum Gasteiger partial charge on any atom is 0.0233 e. The molecular weight excluding hydrogens is 244 g/mol. The van der Waals surface area contributed by atoms with E-state index in [1.807, 2.05) is 7.05 Å². The lowest BCUT2D eigenvalue weighted by molar-refractivity contribution is 0.134.